The Hall–Kier alpha value is -1.02. The molecule has 0 fully saturated rings. The predicted octanol–water partition coefficient (Wildman–Crippen LogP) is 3.31. The van der Waals surface area contributed by atoms with Gasteiger partial charge >= 0.3 is 0 Å². The van der Waals surface area contributed by atoms with Crippen LogP contribution in [0, 0.1) is 0 Å². The van der Waals surface area contributed by atoms with Crippen molar-refractivity contribution >= 4 is 0 Å². The summed E-state index contributed by atoms with van der Waals surface area (Å²) < 4.78 is 5.74. The molecule has 1 rings (SSSR count). The Morgan fingerprint density at radius 1 is 1.24 bits per heavy atom. The van der Waals surface area contributed by atoms with E-state index in [9.17, 15) is 0 Å². The molecule has 17 heavy (non-hydrogen) atoms. The molecule has 0 radical (unpaired) electrons. The van der Waals surface area contributed by atoms with Crippen molar-refractivity contribution in [3.63, 3.8) is 0 Å². The first-order valence-electron chi connectivity index (χ1n) is 6.36. The zero-order valence-electron chi connectivity index (χ0n) is 11.4. The number of aryl methyl sites for hydroxylation is 1. The van der Waals surface area contributed by atoms with Gasteiger partial charge in [-0.1, -0.05) is 39.8 Å². The molecule has 0 unspecified atom stereocenters. The van der Waals surface area contributed by atoms with Gasteiger partial charge in [-0.05, 0) is 29.0 Å². The third kappa shape index (κ3) is 4.04. The maximum atomic E-state index is 8.78. The zero-order chi connectivity index (χ0) is 12.9. The Labute approximate surface area is 105 Å². The smallest absolute Gasteiger partial charge is 0.123 e. The van der Waals surface area contributed by atoms with E-state index in [2.05, 4.69) is 45.9 Å². The van der Waals surface area contributed by atoms with E-state index in [1.165, 1.54) is 11.1 Å². The maximum absolute atomic E-state index is 8.78. The van der Waals surface area contributed by atoms with E-state index in [-0.39, 0.29) is 12.0 Å². The Morgan fingerprint density at radius 3 is 2.47 bits per heavy atom. The summed E-state index contributed by atoms with van der Waals surface area (Å²) in [6.07, 6.45) is 1.72. The third-order valence-corrected chi connectivity index (χ3v) is 2.82. The fraction of sp³-hybridized carbons (Fsp3) is 0.600. The molecule has 96 valence electrons. The van der Waals surface area contributed by atoms with Gasteiger partial charge in [0.05, 0.1) is 6.61 Å². The molecule has 0 saturated carbocycles. The summed E-state index contributed by atoms with van der Waals surface area (Å²) in [6.45, 7) is 9.50. The molecule has 0 heterocycles. The first-order chi connectivity index (χ1) is 7.99. The first kappa shape index (κ1) is 14.0. The maximum Gasteiger partial charge on any atom is 0.123 e. The lowest BCUT2D eigenvalue weighted by Gasteiger charge is -2.23. The van der Waals surface area contributed by atoms with E-state index >= 15 is 0 Å². The summed E-state index contributed by atoms with van der Waals surface area (Å²) in [7, 11) is 0. The normalized spacial score (nSPS) is 11.6. The molecule has 1 N–H and O–H groups in total. The van der Waals surface area contributed by atoms with E-state index in [1.54, 1.807) is 0 Å². The minimum Gasteiger partial charge on any atom is -0.493 e. The van der Waals surface area contributed by atoms with Crippen LogP contribution in [0.25, 0.3) is 0 Å². The van der Waals surface area contributed by atoms with Crippen LogP contribution >= 0.6 is 0 Å². The SMILES string of the molecule is CCc1ccc(OCCCO)c(C(C)(C)C)c1. The number of aliphatic hydroxyl groups excluding tert-OH is 1. The number of benzene rings is 1. The molecule has 0 spiro atoms. The highest BCUT2D eigenvalue weighted by molar-refractivity contribution is 5.41. The number of hydrogen-bond donors (Lipinski definition) is 1. The van der Waals surface area contributed by atoms with E-state index in [0.717, 1.165) is 12.2 Å². The molecule has 0 aliphatic heterocycles. The monoisotopic (exact) mass is 236 g/mol. The Balaban J connectivity index is 2.95. The van der Waals surface area contributed by atoms with Crippen molar-refractivity contribution in [3.05, 3.63) is 29.3 Å². The molecule has 2 heteroatoms. The molecule has 0 amide bonds. The highest BCUT2D eigenvalue weighted by Crippen LogP contribution is 2.32. The molecule has 0 atom stereocenters. The quantitative estimate of drug-likeness (QED) is 0.795. The molecule has 1 aromatic rings. The topological polar surface area (TPSA) is 29.5 Å². The fourth-order valence-corrected chi connectivity index (χ4v) is 1.76. The van der Waals surface area contributed by atoms with Crippen LogP contribution in [-0.2, 0) is 11.8 Å². The molecule has 0 aliphatic rings. The van der Waals surface area contributed by atoms with E-state index in [4.69, 9.17) is 9.84 Å². The molecule has 0 aromatic heterocycles. The number of hydrogen-bond acceptors (Lipinski definition) is 2. The molecule has 2 nitrogen and oxygen atoms in total. The van der Waals surface area contributed by atoms with Gasteiger partial charge in [-0.3, -0.25) is 0 Å². The van der Waals surface area contributed by atoms with E-state index < -0.39 is 0 Å². The van der Waals surface area contributed by atoms with Crippen molar-refractivity contribution < 1.29 is 9.84 Å². The van der Waals surface area contributed by atoms with Gasteiger partial charge in [0.1, 0.15) is 5.75 Å². The van der Waals surface area contributed by atoms with Gasteiger partial charge < -0.3 is 9.84 Å². The molecule has 0 bridgehead atoms. The van der Waals surface area contributed by atoms with Crippen LogP contribution in [0.15, 0.2) is 18.2 Å². The van der Waals surface area contributed by atoms with Crippen LogP contribution in [0.3, 0.4) is 0 Å². The summed E-state index contributed by atoms with van der Waals surface area (Å²) in [6, 6.07) is 6.40. The highest BCUT2D eigenvalue weighted by Gasteiger charge is 2.19. The lowest BCUT2D eigenvalue weighted by molar-refractivity contribution is 0.231. The highest BCUT2D eigenvalue weighted by atomic mass is 16.5. The zero-order valence-corrected chi connectivity index (χ0v) is 11.4. The molecule has 0 saturated heterocycles. The van der Waals surface area contributed by atoms with Gasteiger partial charge in [-0.25, -0.2) is 0 Å². The van der Waals surface area contributed by atoms with Crippen LogP contribution in [0.2, 0.25) is 0 Å². The fourth-order valence-electron chi connectivity index (χ4n) is 1.76. The van der Waals surface area contributed by atoms with Crippen LogP contribution in [0.5, 0.6) is 5.75 Å². The molecule has 1 aromatic carbocycles. The van der Waals surface area contributed by atoms with Gasteiger partial charge in [0.25, 0.3) is 0 Å². The minimum absolute atomic E-state index is 0.0831. The van der Waals surface area contributed by atoms with E-state index in [0.29, 0.717) is 13.0 Å². The van der Waals surface area contributed by atoms with Gasteiger partial charge in [-0.15, -0.1) is 0 Å². The van der Waals surface area contributed by atoms with Crippen molar-refractivity contribution in [2.24, 2.45) is 0 Å². The van der Waals surface area contributed by atoms with Crippen LogP contribution in [-0.4, -0.2) is 18.3 Å². The van der Waals surface area contributed by atoms with Crippen LogP contribution in [0.4, 0.5) is 0 Å². The minimum atomic E-state index is 0.0831. The number of ether oxygens (including phenoxy) is 1. The summed E-state index contributed by atoms with van der Waals surface area (Å²) in [5.74, 6) is 0.947. The second-order valence-electron chi connectivity index (χ2n) is 5.36. The summed E-state index contributed by atoms with van der Waals surface area (Å²) in [4.78, 5) is 0. The summed E-state index contributed by atoms with van der Waals surface area (Å²) >= 11 is 0. The second-order valence-corrected chi connectivity index (χ2v) is 5.36. The van der Waals surface area contributed by atoms with Crippen LogP contribution < -0.4 is 4.74 Å². The lowest BCUT2D eigenvalue weighted by Crippen LogP contribution is -2.14. The standard InChI is InChI=1S/C15H24O2/c1-5-12-7-8-14(17-10-6-9-16)13(11-12)15(2,3)4/h7-8,11,16H,5-6,9-10H2,1-4H3. The Morgan fingerprint density at radius 2 is 1.94 bits per heavy atom. The van der Waals surface area contributed by atoms with Crippen molar-refractivity contribution in [1.29, 1.82) is 0 Å². The summed E-state index contributed by atoms with van der Waals surface area (Å²) in [5, 5.41) is 8.78. The van der Waals surface area contributed by atoms with Gasteiger partial charge in [0.2, 0.25) is 0 Å². The largest absolute Gasteiger partial charge is 0.493 e. The average molecular weight is 236 g/mol. The van der Waals surface area contributed by atoms with Crippen molar-refractivity contribution in [3.8, 4) is 5.75 Å². The predicted molar refractivity (Wildman–Crippen MR) is 71.7 cm³/mol. The van der Waals surface area contributed by atoms with Crippen molar-refractivity contribution in [1.82, 2.24) is 0 Å². The first-order valence-corrected chi connectivity index (χ1v) is 6.36. The average Bonchev–Trinajstić information content (AvgIpc) is 2.28. The number of aliphatic hydroxyl groups is 1. The lowest BCUT2D eigenvalue weighted by atomic mass is 9.85. The Kier molecular flexibility index (Phi) is 5.01. The van der Waals surface area contributed by atoms with Gasteiger partial charge in [0, 0.05) is 13.0 Å². The van der Waals surface area contributed by atoms with Crippen molar-refractivity contribution in [2.75, 3.05) is 13.2 Å². The molecule has 0 aliphatic carbocycles. The summed E-state index contributed by atoms with van der Waals surface area (Å²) in [5.41, 5.74) is 2.67. The third-order valence-electron chi connectivity index (χ3n) is 2.82. The van der Waals surface area contributed by atoms with E-state index in [1.807, 2.05) is 0 Å². The molecular formula is C15H24O2. The van der Waals surface area contributed by atoms with Gasteiger partial charge in [-0.2, -0.15) is 0 Å². The van der Waals surface area contributed by atoms with Crippen LogP contribution in [0.1, 0.15) is 45.2 Å². The molecular weight excluding hydrogens is 212 g/mol. The Bertz CT molecular complexity index is 350. The van der Waals surface area contributed by atoms with Crippen molar-refractivity contribution in [2.45, 2.75) is 46.0 Å². The second kappa shape index (κ2) is 6.06. The van der Waals surface area contributed by atoms with Gasteiger partial charge in [0.15, 0.2) is 0 Å². The number of rotatable bonds is 5.